The average molecular weight is 964 g/mol. The van der Waals surface area contributed by atoms with E-state index in [0.29, 0.717) is 74.2 Å². The second kappa shape index (κ2) is 23.2. The zero-order chi connectivity index (χ0) is 45.5. The molecule has 1 saturated carbocycles. The number of aromatic nitrogens is 7. The summed E-state index contributed by atoms with van der Waals surface area (Å²) in [5.41, 5.74) is 4.99. The number of thioether (sulfide) groups is 1. The number of azo groups is 2. The molecule has 28 heteroatoms. The highest BCUT2D eigenvalue weighted by Gasteiger charge is 2.22. The molecule has 3 N–H and O–H groups in total. The van der Waals surface area contributed by atoms with Gasteiger partial charge in [0, 0.05) is 43.6 Å². The van der Waals surface area contributed by atoms with Gasteiger partial charge in [-0.2, -0.15) is 23.4 Å². The predicted molar refractivity (Wildman–Crippen MR) is 240 cm³/mol. The molecular formula is C35H45N15O8S5. The molecule has 0 bridgehead atoms. The van der Waals surface area contributed by atoms with E-state index in [4.69, 9.17) is 37.1 Å². The van der Waals surface area contributed by atoms with Gasteiger partial charge in [-0.3, -0.25) is 4.55 Å². The second-order valence-corrected chi connectivity index (χ2v) is 18.0. The van der Waals surface area contributed by atoms with Gasteiger partial charge in [-0.15, -0.1) is 53.5 Å². The Kier molecular flexibility index (Phi) is 17.9. The maximum absolute atomic E-state index is 11.6. The summed E-state index contributed by atoms with van der Waals surface area (Å²) >= 11 is 3.44. The fourth-order valence-electron chi connectivity index (χ4n) is 6.28. The smallest absolute Gasteiger partial charge is 0.425 e. The molecule has 1 fully saturated rings. The lowest BCUT2D eigenvalue weighted by atomic mass is 10.0. The molecule has 0 radical (unpaired) electrons. The number of hydrogen-bond acceptors (Lipinski definition) is 25. The standard InChI is InChI=1S/C35H45N15O5S4.O3S/c1-7-49(8-2)26-16-22(24(18-28(26)54-5)42-45-33-44-36-20-56-33)37-30-39-31(41-32(40-30)57-21-14-12-11-13-15-21)38-23-17-27(50(9-3)10-4)29(55-6)19-25(23)43-46-34-47-48-35(58-34)59(51,52)53;1-4(2)3/h16-21H,7-15H2,1-6H3,(H,51,52,53)(H2,37,38,39,40,41);. The van der Waals surface area contributed by atoms with Crippen LogP contribution in [0.1, 0.15) is 59.8 Å². The SMILES string of the molecule is CCN(CC)c1cc(Nc2nc(Nc3cc(N(CC)CC)c(OC)cc3N=Nc3nnc(S(=O)(=O)O)s3)nc(SC3CCCCC3)n2)c(N=Nc2nncs2)cc1OC.O=S(=O)=O. The molecule has 0 amide bonds. The lowest BCUT2D eigenvalue weighted by Gasteiger charge is -2.25. The molecule has 2 aromatic carbocycles. The second-order valence-electron chi connectivity index (χ2n) is 13.0. The number of benzene rings is 2. The highest BCUT2D eigenvalue weighted by atomic mass is 32.3. The Bertz CT molecular complexity index is 2580. The Labute approximate surface area is 377 Å². The van der Waals surface area contributed by atoms with Crippen LogP contribution < -0.4 is 29.9 Å². The van der Waals surface area contributed by atoms with E-state index in [2.05, 4.69) is 75.1 Å². The third kappa shape index (κ3) is 13.7. The molecule has 1 aliphatic rings. The van der Waals surface area contributed by atoms with Crippen molar-refractivity contribution < 1.29 is 35.1 Å². The first kappa shape index (κ1) is 48.5. The third-order valence-electron chi connectivity index (χ3n) is 9.19. The molecule has 338 valence electrons. The molecule has 0 spiro atoms. The fraction of sp³-hybridized carbons (Fsp3) is 0.457. The van der Waals surface area contributed by atoms with Crippen LogP contribution in [0.5, 0.6) is 11.5 Å². The largest absolute Gasteiger partial charge is 0.494 e. The number of hydrogen-bond donors (Lipinski definition) is 3. The van der Waals surface area contributed by atoms with Crippen molar-refractivity contribution >= 4 is 111 Å². The van der Waals surface area contributed by atoms with Crippen molar-refractivity contribution in [3.63, 3.8) is 0 Å². The number of ether oxygens (including phenoxy) is 2. The fourth-order valence-corrected chi connectivity index (χ4v) is 8.98. The zero-order valence-corrected chi connectivity index (χ0v) is 39.1. The van der Waals surface area contributed by atoms with E-state index in [1.54, 1.807) is 43.6 Å². The molecule has 0 saturated heterocycles. The predicted octanol–water partition coefficient (Wildman–Crippen LogP) is 8.27. The van der Waals surface area contributed by atoms with Crippen molar-refractivity contribution in [1.82, 2.24) is 35.3 Å². The van der Waals surface area contributed by atoms with Gasteiger partial charge >= 0.3 is 20.7 Å². The number of nitrogens with zero attached hydrogens (tertiary/aromatic N) is 13. The summed E-state index contributed by atoms with van der Waals surface area (Å²) in [5, 5.41) is 40.4. The van der Waals surface area contributed by atoms with Crippen LogP contribution in [0.3, 0.4) is 0 Å². The van der Waals surface area contributed by atoms with Crippen molar-refractivity contribution in [3.8, 4) is 11.5 Å². The molecule has 0 unspecified atom stereocenters. The molecule has 3 heterocycles. The van der Waals surface area contributed by atoms with Gasteiger partial charge in [0.1, 0.15) is 28.4 Å². The molecule has 1 aliphatic carbocycles. The number of anilines is 6. The Balaban J connectivity index is 0.00000179. The number of rotatable bonds is 19. The third-order valence-corrected chi connectivity index (χ3v) is 13.0. The molecule has 5 aromatic rings. The van der Waals surface area contributed by atoms with Gasteiger partial charge in [0.05, 0.1) is 37.0 Å². The Hall–Kier alpha value is -5.55. The van der Waals surface area contributed by atoms with Crippen molar-refractivity contribution in [1.29, 1.82) is 0 Å². The van der Waals surface area contributed by atoms with Crippen molar-refractivity contribution in [2.45, 2.75) is 74.5 Å². The van der Waals surface area contributed by atoms with Crippen LogP contribution in [-0.2, 0) is 20.7 Å². The van der Waals surface area contributed by atoms with Crippen LogP contribution in [-0.4, -0.2) is 107 Å². The van der Waals surface area contributed by atoms with Crippen LogP contribution in [0.2, 0.25) is 0 Å². The molecular weight excluding hydrogens is 919 g/mol. The van der Waals surface area contributed by atoms with E-state index in [9.17, 15) is 13.0 Å². The summed E-state index contributed by atoms with van der Waals surface area (Å²) in [7, 11) is -4.50. The maximum Gasteiger partial charge on any atom is 0.425 e. The van der Waals surface area contributed by atoms with Gasteiger partial charge in [-0.1, -0.05) is 53.7 Å². The highest BCUT2D eigenvalue weighted by molar-refractivity contribution is 7.99. The Morgan fingerprint density at radius 3 is 1.70 bits per heavy atom. The Morgan fingerprint density at radius 2 is 1.27 bits per heavy atom. The lowest BCUT2D eigenvalue weighted by Crippen LogP contribution is -2.22. The van der Waals surface area contributed by atoms with E-state index in [-0.39, 0.29) is 17.0 Å². The molecule has 63 heavy (non-hydrogen) atoms. The topological polar surface area (TPSA) is 294 Å². The maximum atomic E-state index is 11.6. The number of methoxy groups -OCH3 is 2. The van der Waals surface area contributed by atoms with Gasteiger partial charge in [0.2, 0.25) is 11.9 Å². The van der Waals surface area contributed by atoms with Crippen LogP contribution in [0, 0.1) is 0 Å². The summed E-state index contributed by atoms with van der Waals surface area (Å²) < 4.78 is 69.0. The normalized spacial score (nSPS) is 13.1. The van der Waals surface area contributed by atoms with Gasteiger partial charge in [-0.25, -0.2) is 0 Å². The summed E-state index contributed by atoms with van der Waals surface area (Å²) in [6.07, 6.45) is 5.56. The number of nitrogens with one attached hydrogen (secondary N) is 2. The van der Waals surface area contributed by atoms with E-state index < -0.39 is 25.1 Å². The quantitative estimate of drug-likeness (QED) is 0.0518. The van der Waals surface area contributed by atoms with Crippen LogP contribution in [0.4, 0.5) is 56.3 Å². The highest BCUT2D eigenvalue weighted by Crippen LogP contribution is 2.43. The summed E-state index contributed by atoms with van der Waals surface area (Å²) in [6.45, 7) is 11.1. The van der Waals surface area contributed by atoms with E-state index in [1.165, 1.54) is 17.8 Å². The first-order valence-electron chi connectivity index (χ1n) is 19.4. The first-order valence-corrected chi connectivity index (χ1v) is 24.4. The summed E-state index contributed by atoms with van der Waals surface area (Å²) in [5.74, 6) is 1.60. The van der Waals surface area contributed by atoms with Gasteiger partial charge in [0.25, 0.3) is 14.6 Å². The van der Waals surface area contributed by atoms with Gasteiger partial charge in [-0.05, 0) is 52.7 Å². The summed E-state index contributed by atoms with van der Waals surface area (Å²) in [4.78, 5) is 18.9. The minimum absolute atomic E-state index is 0.0872. The minimum Gasteiger partial charge on any atom is -0.494 e. The molecule has 0 atom stereocenters. The van der Waals surface area contributed by atoms with Crippen LogP contribution >= 0.6 is 34.4 Å². The molecule has 0 aliphatic heterocycles. The lowest BCUT2D eigenvalue weighted by molar-refractivity contribution is 0.414. The zero-order valence-electron chi connectivity index (χ0n) is 35.0. The van der Waals surface area contributed by atoms with Crippen molar-refractivity contribution in [3.05, 3.63) is 29.8 Å². The van der Waals surface area contributed by atoms with Crippen LogP contribution in [0.25, 0.3) is 0 Å². The average Bonchev–Trinajstić information content (AvgIpc) is 3.97. The van der Waals surface area contributed by atoms with Gasteiger partial charge in [0.15, 0.2) is 5.16 Å². The molecule has 6 rings (SSSR count). The first-order chi connectivity index (χ1) is 30.3. The van der Waals surface area contributed by atoms with Gasteiger partial charge < -0.3 is 29.9 Å². The van der Waals surface area contributed by atoms with E-state index >= 15 is 0 Å². The van der Waals surface area contributed by atoms with Crippen LogP contribution in [0.15, 0.2) is 59.7 Å². The minimum atomic E-state index is -4.57. The monoisotopic (exact) mass is 963 g/mol. The van der Waals surface area contributed by atoms with E-state index in [1.807, 2.05) is 26.0 Å². The van der Waals surface area contributed by atoms with Crippen molar-refractivity contribution in [2.75, 3.05) is 60.8 Å². The van der Waals surface area contributed by atoms with E-state index in [0.717, 1.165) is 50.1 Å². The van der Waals surface area contributed by atoms with Crippen molar-refractivity contribution in [2.24, 2.45) is 20.5 Å². The summed E-state index contributed by atoms with van der Waals surface area (Å²) in [6, 6.07) is 7.30. The molecule has 23 nitrogen and oxygen atoms in total. The Morgan fingerprint density at radius 1 is 0.762 bits per heavy atom. The molecule has 3 aromatic heterocycles.